The first-order valence-corrected chi connectivity index (χ1v) is 6.36. The molecule has 5 heteroatoms. The molecule has 1 aromatic carbocycles. The van der Waals surface area contributed by atoms with Crippen molar-refractivity contribution in [2.75, 3.05) is 11.9 Å². The Kier molecular flexibility index (Phi) is 3.79. The van der Waals surface area contributed by atoms with Gasteiger partial charge in [0.2, 0.25) is 5.91 Å². The quantitative estimate of drug-likeness (QED) is 0.881. The molecular formula is C12H14BrFN2O. The largest absolute Gasteiger partial charge is 0.322 e. The first-order chi connectivity index (χ1) is 8.08. The van der Waals surface area contributed by atoms with Crippen molar-refractivity contribution in [2.45, 2.75) is 19.4 Å². The minimum atomic E-state index is -0.432. The lowest BCUT2D eigenvalue weighted by Crippen LogP contribution is -2.39. The number of hydrogen-bond donors (Lipinski definition) is 2. The fourth-order valence-electron chi connectivity index (χ4n) is 1.99. The highest BCUT2D eigenvalue weighted by Gasteiger charge is 2.29. The van der Waals surface area contributed by atoms with Crippen LogP contribution in [0.15, 0.2) is 22.7 Å². The Hall–Kier alpha value is -0.940. The van der Waals surface area contributed by atoms with E-state index in [0.717, 1.165) is 13.0 Å². The molecule has 0 radical (unpaired) electrons. The summed E-state index contributed by atoms with van der Waals surface area (Å²) in [7, 11) is 0. The van der Waals surface area contributed by atoms with E-state index in [1.807, 2.05) is 6.92 Å². The van der Waals surface area contributed by atoms with Crippen LogP contribution in [0, 0.1) is 11.7 Å². The van der Waals surface area contributed by atoms with Crippen LogP contribution in [0.5, 0.6) is 0 Å². The number of halogens is 2. The predicted molar refractivity (Wildman–Crippen MR) is 68.3 cm³/mol. The smallest absolute Gasteiger partial charge is 0.241 e. The van der Waals surface area contributed by atoms with Gasteiger partial charge in [-0.15, -0.1) is 0 Å². The van der Waals surface area contributed by atoms with Crippen LogP contribution >= 0.6 is 15.9 Å². The maximum Gasteiger partial charge on any atom is 0.241 e. The molecule has 2 atom stereocenters. The third kappa shape index (κ3) is 2.84. The molecule has 0 spiro atoms. The van der Waals surface area contributed by atoms with Crippen molar-refractivity contribution in [2.24, 2.45) is 5.92 Å². The first kappa shape index (κ1) is 12.5. The molecule has 1 aliphatic rings. The highest BCUT2D eigenvalue weighted by atomic mass is 79.9. The van der Waals surface area contributed by atoms with E-state index in [1.165, 1.54) is 6.07 Å². The molecule has 3 nitrogen and oxygen atoms in total. The molecule has 0 saturated carbocycles. The minimum absolute atomic E-state index is 0.170. The van der Waals surface area contributed by atoms with E-state index in [4.69, 9.17) is 0 Å². The van der Waals surface area contributed by atoms with Crippen LogP contribution in [0.3, 0.4) is 0 Å². The van der Waals surface area contributed by atoms with Crippen LogP contribution in [0.25, 0.3) is 0 Å². The van der Waals surface area contributed by atoms with Crippen molar-refractivity contribution >= 4 is 27.5 Å². The molecule has 2 unspecified atom stereocenters. The van der Waals surface area contributed by atoms with E-state index in [9.17, 15) is 9.18 Å². The lowest BCUT2D eigenvalue weighted by Gasteiger charge is -2.15. The van der Waals surface area contributed by atoms with Gasteiger partial charge in [0.15, 0.2) is 0 Å². The third-order valence-electron chi connectivity index (χ3n) is 3.00. The first-order valence-electron chi connectivity index (χ1n) is 5.57. The Bertz CT molecular complexity index is 439. The Balaban J connectivity index is 2.07. The second kappa shape index (κ2) is 5.14. The van der Waals surface area contributed by atoms with E-state index in [2.05, 4.69) is 26.6 Å². The van der Waals surface area contributed by atoms with Gasteiger partial charge in [-0.25, -0.2) is 4.39 Å². The van der Waals surface area contributed by atoms with Gasteiger partial charge in [0, 0.05) is 4.47 Å². The summed E-state index contributed by atoms with van der Waals surface area (Å²) in [5.41, 5.74) is 0.221. The number of anilines is 1. The molecule has 1 amide bonds. The van der Waals surface area contributed by atoms with Gasteiger partial charge in [-0.1, -0.05) is 22.9 Å². The summed E-state index contributed by atoms with van der Waals surface area (Å²) >= 11 is 3.17. The van der Waals surface area contributed by atoms with E-state index in [1.54, 1.807) is 12.1 Å². The van der Waals surface area contributed by atoms with Gasteiger partial charge in [0.05, 0.1) is 11.7 Å². The average molecular weight is 301 g/mol. The van der Waals surface area contributed by atoms with Crippen LogP contribution < -0.4 is 10.6 Å². The average Bonchev–Trinajstić information content (AvgIpc) is 2.68. The second-order valence-corrected chi connectivity index (χ2v) is 5.23. The Morgan fingerprint density at radius 3 is 2.94 bits per heavy atom. The van der Waals surface area contributed by atoms with Crippen molar-refractivity contribution in [3.63, 3.8) is 0 Å². The van der Waals surface area contributed by atoms with E-state index >= 15 is 0 Å². The third-order valence-corrected chi connectivity index (χ3v) is 3.50. The van der Waals surface area contributed by atoms with Crippen LogP contribution in [-0.2, 0) is 4.79 Å². The van der Waals surface area contributed by atoms with Gasteiger partial charge in [-0.05, 0) is 37.1 Å². The number of benzene rings is 1. The zero-order valence-electron chi connectivity index (χ0n) is 9.47. The molecule has 0 bridgehead atoms. The van der Waals surface area contributed by atoms with E-state index in [0.29, 0.717) is 4.47 Å². The van der Waals surface area contributed by atoms with Crippen molar-refractivity contribution in [1.82, 2.24) is 5.32 Å². The van der Waals surface area contributed by atoms with Gasteiger partial charge < -0.3 is 10.6 Å². The molecule has 92 valence electrons. The molecule has 1 aromatic rings. The van der Waals surface area contributed by atoms with Crippen molar-refractivity contribution in [1.29, 1.82) is 0 Å². The molecule has 2 rings (SSSR count). The standard InChI is InChI=1S/C12H14BrFN2O/c1-7-4-5-15-11(7)12(17)16-10-3-2-8(13)6-9(10)14/h2-3,6-7,11,15H,4-5H2,1H3,(H,16,17). The molecular weight excluding hydrogens is 287 g/mol. The summed E-state index contributed by atoms with van der Waals surface area (Å²) in [5, 5.41) is 5.73. The number of carbonyl (C=O) groups excluding carboxylic acids is 1. The van der Waals surface area contributed by atoms with Crippen LogP contribution in [0.4, 0.5) is 10.1 Å². The molecule has 1 heterocycles. The molecule has 1 aliphatic heterocycles. The molecule has 0 aromatic heterocycles. The number of amides is 1. The molecule has 17 heavy (non-hydrogen) atoms. The zero-order valence-corrected chi connectivity index (χ0v) is 11.1. The molecule has 1 fully saturated rings. The fourth-order valence-corrected chi connectivity index (χ4v) is 2.32. The fraction of sp³-hybridized carbons (Fsp3) is 0.417. The van der Waals surface area contributed by atoms with E-state index in [-0.39, 0.29) is 23.6 Å². The van der Waals surface area contributed by atoms with Crippen LogP contribution in [0.2, 0.25) is 0 Å². The lowest BCUT2D eigenvalue weighted by atomic mass is 10.0. The Morgan fingerprint density at radius 1 is 1.59 bits per heavy atom. The highest BCUT2D eigenvalue weighted by Crippen LogP contribution is 2.21. The van der Waals surface area contributed by atoms with Crippen molar-refractivity contribution < 1.29 is 9.18 Å². The van der Waals surface area contributed by atoms with Gasteiger partial charge in [-0.2, -0.15) is 0 Å². The second-order valence-electron chi connectivity index (χ2n) is 4.31. The predicted octanol–water partition coefficient (Wildman–Crippen LogP) is 2.52. The molecule has 1 saturated heterocycles. The zero-order chi connectivity index (χ0) is 12.4. The Labute approximate surface area is 108 Å². The maximum absolute atomic E-state index is 13.5. The van der Waals surface area contributed by atoms with Crippen molar-refractivity contribution in [3.05, 3.63) is 28.5 Å². The van der Waals surface area contributed by atoms with Crippen LogP contribution in [-0.4, -0.2) is 18.5 Å². The minimum Gasteiger partial charge on any atom is -0.322 e. The molecule has 0 aliphatic carbocycles. The van der Waals surface area contributed by atoms with E-state index < -0.39 is 5.82 Å². The van der Waals surface area contributed by atoms with Crippen LogP contribution in [0.1, 0.15) is 13.3 Å². The lowest BCUT2D eigenvalue weighted by molar-refractivity contribution is -0.118. The van der Waals surface area contributed by atoms with Gasteiger partial charge in [-0.3, -0.25) is 4.79 Å². The van der Waals surface area contributed by atoms with Gasteiger partial charge >= 0.3 is 0 Å². The normalized spacial score (nSPS) is 23.7. The summed E-state index contributed by atoms with van der Waals surface area (Å²) in [6.07, 6.45) is 0.973. The summed E-state index contributed by atoms with van der Waals surface area (Å²) in [6.45, 7) is 2.85. The summed E-state index contributed by atoms with van der Waals surface area (Å²) < 4.78 is 14.2. The molecule has 2 N–H and O–H groups in total. The summed E-state index contributed by atoms with van der Waals surface area (Å²) in [6, 6.07) is 4.36. The SMILES string of the molecule is CC1CCNC1C(=O)Nc1ccc(Br)cc1F. The van der Waals surface area contributed by atoms with Crippen molar-refractivity contribution in [3.8, 4) is 0 Å². The number of hydrogen-bond acceptors (Lipinski definition) is 2. The van der Waals surface area contributed by atoms with Gasteiger partial charge in [0.1, 0.15) is 5.82 Å². The summed E-state index contributed by atoms with van der Waals surface area (Å²) in [5.74, 6) is -0.317. The highest BCUT2D eigenvalue weighted by molar-refractivity contribution is 9.10. The topological polar surface area (TPSA) is 41.1 Å². The Morgan fingerprint density at radius 2 is 2.35 bits per heavy atom. The number of rotatable bonds is 2. The van der Waals surface area contributed by atoms with Gasteiger partial charge in [0.25, 0.3) is 0 Å². The number of nitrogens with one attached hydrogen (secondary N) is 2. The summed E-state index contributed by atoms with van der Waals surface area (Å²) in [4.78, 5) is 11.9. The maximum atomic E-state index is 13.5. The monoisotopic (exact) mass is 300 g/mol. The number of carbonyl (C=O) groups is 1.